The first-order chi connectivity index (χ1) is 12.4. The summed E-state index contributed by atoms with van der Waals surface area (Å²) in [6.45, 7) is 2.28. The maximum atomic E-state index is 12.7. The van der Waals surface area contributed by atoms with Gasteiger partial charge in [-0.05, 0) is 17.7 Å². The van der Waals surface area contributed by atoms with Crippen LogP contribution in [0.15, 0.2) is 24.3 Å². The van der Waals surface area contributed by atoms with Crippen LogP contribution in [-0.4, -0.2) is 36.4 Å². The van der Waals surface area contributed by atoms with Crippen molar-refractivity contribution in [3.63, 3.8) is 0 Å². The van der Waals surface area contributed by atoms with E-state index in [-0.39, 0.29) is 5.56 Å². The molecule has 0 saturated carbocycles. The van der Waals surface area contributed by atoms with E-state index in [9.17, 15) is 32.3 Å². The Bertz CT molecular complexity index is 710. The monoisotopic (exact) mass is 390 g/mol. The van der Waals surface area contributed by atoms with E-state index >= 15 is 0 Å². The third-order valence-corrected chi connectivity index (χ3v) is 3.16. The Kier molecular flexibility index (Phi) is 7.50. The van der Waals surface area contributed by atoms with Gasteiger partial charge in [0.05, 0.1) is 5.56 Å². The molecule has 1 aromatic rings. The van der Waals surface area contributed by atoms with E-state index in [0.717, 1.165) is 45.0 Å². The van der Waals surface area contributed by atoms with Crippen molar-refractivity contribution in [2.24, 2.45) is 0 Å². The molecule has 0 heterocycles. The van der Waals surface area contributed by atoms with Gasteiger partial charge >= 0.3 is 24.1 Å². The fourth-order valence-corrected chi connectivity index (χ4v) is 2.08. The molecule has 0 aliphatic carbocycles. The molecule has 0 saturated heterocycles. The molecule has 1 aromatic carbocycles. The van der Waals surface area contributed by atoms with Crippen LogP contribution in [0.5, 0.6) is 0 Å². The van der Waals surface area contributed by atoms with E-state index in [0.29, 0.717) is 0 Å². The molecule has 0 fully saturated rings. The van der Waals surface area contributed by atoms with Gasteiger partial charge in [0.25, 0.3) is 0 Å². The van der Waals surface area contributed by atoms with Crippen molar-refractivity contribution in [2.45, 2.75) is 39.2 Å². The highest BCUT2D eigenvalue weighted by Crippen LogP contribution is 2.32. The van der Waals surface area contributed by atoms with E-state index in [1.54, 1.807) is 0 Å². The van der Waals surface area contributed by atoms with Gasteiger partial charge in [-0.1, -0.05) is 12.1 Å². The van der Waals surface area contributed by atoms with Gasteiger partial charge in [0.1, 0.15) is 0 Å². The molecular weight excluding hydrogens is 373 g/mol. The SMILES string of the molecule is CC(=O)OCC(=O)[C@H](OC(C)=O)[C@@H](OC(C)=O)c1ccc(C(F)(F)F)cc1. The number of alkyl halides is 3. The smallest absolute Gasteiger partial charge is 0.416 e. The number of ether oxygens (including phenoxy) is 3. The summed E-state index contributed by atoms with van der Waals surface area (Å²) in [6.07, 6.45) is -7.81. The number of Topliss-reactive ketones (excluding diaryl/α,β-unsaturated/α-hetero) is 1. The van der Waals surface area contributed by atoms with Crippen molar-refractivity contribution >= 4 is 23.7 Å². The van der Waals surface area contributed by atoms with Crippen LogP contribution in [0.3, 0.4) is 0 Å². The number of esters is 3. The molecule has 0 aliphatic rings. The van der Waals surface area contributed by atoms with Gasteiger partial charge in [-0.25, -0.2) is 0 Å². The molecule has 7 nitrogen and oxygen atoms in total. The number of benzene rings is 1. The Hall–Kier alpha value is -2.91. The number of rotatable bonds is 7. The maximum absolute atomic E-state index is 12.7. The Morgan fingerprint density at radius 2 is 1.41 bits per heavy atom. The molecule has 0 radical (unpaired) electrons. The minimum atomic E-state index is -4.59. The molecule has 0 spiro atoms. The Morgan fingerprint density at radius 1 is 0.889 bits per heavy atom. The first-order valence-electron chi connectivity index (χ1n) is 7.59. The summed E-state index contributed by atoms with van der Waals surface area (Å²) in [4.78, 5) is 45.9. The first-order valence-corrected chi connectivity index (χ1v) is 7.59. The van der Waals surface area contributed by atoms with Gasteiger partial charge < -0.3 is 14.2 Å². The van der Waals surface area contributed by atoms with E-state index in [1.165, 1.54) is 0 Å². The molecule has 0 bridgehead atoms. The second-order valence-electron chi connectivity index (χ2n) is 5.43. The summed E-state index contributed by atoms with van der Waals surface area (Å²) in [7, 11) is 0. The molecule has 0 amide bonds. The van der Waals surface area contributed by atoms with Gasteiger partial charge in [-0.2, -0.15) is 13.2 Å². The number of ketones is 1. The third-order valence-electron chi connectivity index (χ3n) is 3.16. The number of carbonyl (C=O) groups is 4. The largest absolute Gasteiger partial charge is 0.458 e. The van der Waals surface area contributed by atoms with E-state index in [2.05, 4.69) is 4.74 Å². The summed E-state index contributed by atoms with van der Waals surface area (Å²) in [6, 6.07) is 3.44. The summed E-state index contributed by atoms with van der Waals surface area (Å²) in [5.74, 6) is -3.45. The second-order valence-corrected chi connectivity index (χ2v) is 5.43. The van der Waals surface area contributed by atoms with Gasteiger partial charge in [0.15, 0.2) is 12.7 Å². The second kappa shape index (κ2) is 9.15. The molecule has 0 N–H and O–H groups in total. The van der Waals surface area contributed by atoms with Gasteiger partial charge in [0.2, 0.25) is 11.9 Å². The fraction of sp³-hybridized carbons (Fsp3) is 0.412. The van der Waals surface area contributed by atoms with Crippen LogP contribution >= 0.6 is 0 Å². The molecular formula is C17H17F3O7. The van der Waals surface area contributed by atoms with E-state index < -0.39 is 54.2 Å². The highest BCUT2D eigenvalue weighted by molar-refractivity contribution is 5.88. The molecule has 0 aliphatic heterocycles. The predicted molar refractivity (Wildman–Crippen MR) is 83.1 cm³/mol. The van der Waals surface area contributed by atoms with Crippen LogP contribution in [0.2, 0.25) is 0 Å². The van der Waals surface area contributed by atoms with Crippen LogP contribution < -0.4 is 0 Å². The lowest BCUT2D eigenvalue weighted by molar-refractivity contribution is -0.172. The zero-order chi connectivity index (χ0) is 20.8. The number of hydrogen-bond acceptors (Lipinski definition) is 7. The standard InChI is InChI=1S/C17H17F3O7/c1-9(21)25-8-14(24)16(27-11(3)23)15(26-10(2)22)12-4-6-13(7-5-12)17(18,19)20/h4-7,15-16H,8H2,1-3H3/t15-,16-/m0/s1. The quantitative estimate of drug-likeness (QED) is 0.521. The molecule has 0 aromatic heterocycles. The summed E-state index contributed by atoms with van der Waals surface area (Å²) in [5.41, 5.74) is -0.969. The minimum absolute atomic E-state index is 0.0133. The number of carbonyl (C=O) groups excluding carboxylic acids is 4. The molecule has 1 rings (SSSR count). The predicted octanol–water partition coefficient (Wildman–Crippen LogP) is 2.37. The maximum Gasteiger partial charge on any atom is 0.416 e. The fourth-order valence-electron chi connectivity index (χ4n) is 2.08. The van der Waals surface area contributed by atoms with Gasteiger partial charge in [-0.15, -0.1) is 0 Å². The van der Waals surface area contributed by atoms with Gasteiger partial charge in [0, 0.05) is 20.8 Å². The number of halogens is 3. The summed E-state index contributed by atoms with van der Waals surface area (Å²) in [5, 5.41) is 0. The highest BCUT2D eigenvalue weighted by Gasteiger charge is 2.36. The summed E-state index contributed by atoms with van der Waals surface area (Å²) < 4.78 is 52.6. The van der Waals surface area contributed by atoms with E-state index in [1.807, 2.05) is 0 Å². The Morgan fingerprint density at radius 3 is 1.81 bits per heavy atom. The third kappa shape index (κ3) is 7.08. The van der Waals surface area contributed by atoms with Crippen LogP contribution in [0, 0.1) is 0 Å². The van der Waals surface area contributed by atoms with Crippen molar-refractivity contribution in [1.29, 1.82) is 0 Å². The van der Waals surface area contributed by atoms with Crippen molar-refractivity contribution < 1.29 is 46.6 Å². The average Bonchev–Trinajstić information content (AvgIpc) is 2.54. The van der Waals surface area contributed by atoms with Crippen LogP contribution in [0.1, 0.15) is 38.0 Å². The lowest BCUT2D eigenvalue weighted by Gasteiger charge is -2.25. The molecule has 10 heteroatoms. The zero-order valence-corrected chi connectivity index (χ0v) is 14.7. The van der Waals surface area contributed by atoms with Crippen molar-refractivity contribution in [1.82, 2.24) is 0 Å². The van der Waals surface area contributed by atoms with Gasteiger partial charge in [-0.3, -0.25) is 19.2 Å². The highest BCUT2D eigenvalue weighted by atomic mass is 19.4. The zero-order valence-electron chi connectivity index (χ0n) is 14.7. The normalized spacial score (nSPS) is 13.3. The van der Waals surface area contributed by atoms with Crippen LogP contribution in [-0.2, 0) is 39.6 Å². The molecule has 0 unspecified atom stereocenters. The van der Waals surface area contributed by atoms with Crippen LogP contribution in [0.25, 0.3) is 0 Å². The topological polar surface area (TPSA) is 96.0 Å². The summed E-state index contributed by atoms with van der Waals surface area (Å²) >= 11 is 0. The van der Waals surface area contributed by atoms with Crippen molar-refractivity contribution in [3.8, 4) is 0 Å². The first kappa shape index (κ1) is 22.1. The number of hydrogen-bond donors (Lipinski definition) is 0. The molecule has 27 heavy (non-hydrogen) atoms. The lowest BCUT2D eigenvalue weighted by atomic mass is 9.99. The van der Waals surface area contributed by atoms with E-state index in [4.69, 9.17) is 9.47 Å². The minimum Gasteiger partial charge on any atom is -0.458 e. The average molecular weight is 390 g/mol. The van der Waals surface area contributed by atoms with Crippen LogP contribution in [0.4, 0.5) is 13.2 Å². The Balaban J connectivity index is 3.25. The van der Waals surface area contributed by atoms with Crippen molar-refractivity contribution in [3.05, 3.63) is 35.4 Å². The molecule has 2 atom stereocenters. The lowest BCUT2D eigenvalue weighted by Crippen LogP contribution is -2.37. The molecule has 148 valence electrons. The van der Waals surface area contributed by atoms with Crippen molar-refractivity contribution in [2.75, 3.05) is 6.61 Å². The Labute approximate surface area is 152 Å².